The number of benzene rings is 1. The van der Waals surface area contributed by atoms with Gasteiger partial charge in [0, 0.05) is 19.0 Å². The minimum absolute atomic E-state index is 0.596. The van der Waals surface area contributed by atoms with Gasteiger partial charge in [-0.15, -0.1) is 0 Å². The summed E-state index contributed by atoms with van der Waals surface area (Å²) in [5.41, 5.74) is 2.30. The summed E-state index contributed by atoms with van der Waals surface area (Å²) in [6.45, 7) is 3.26. The van der Waals surface area contributed by atoms with Crippen molar-refractivity contribution in [1.29, 1.82) is 0 Å². The third-order valence-corrected chi connectivity index (χ3v) is 3.17. The van der Waals surface area contributed by atoms with Gasteiger partial charge in [0.1, 0.15) is 5.76 Å². The van der Waals surface area contributed by atoms with E-state index in [9.17, 15) is 0 Å². The second-order valence-electron chi connectivity index (χ2n) is 5.08. The number of nitrogens with zero attached hydrogens (tertiary/aromatic N) is 3. The summed E-state index contributed by atoms with van der Waals surface area (Å²) in [6.07, 6.45) is 1.69. The lowest BCUT2D eigenvalue weighted by molar-refractivity contribution is 0.300. The molecule has 21 heavy (non-hydrogen) atoms. The summed E-state index contributed by atoms with van der Waals surface area (Å²) < 4.78 is 10.4. The van der Waals surface area contributed by atoms with Crippen molar-refractivity contribution in [3.8, 4) is 11.3 Å². The molecule has 5 heteroatoms. The Labute approximate surface area is 123 Å². The Balaban J connectivity index is 1.68. The molecule has 0 radical (unpaired) electrons. The normalized spacial score (nSPS) is 11.2. The molecule has 0 spiro atoms. The maximum absolute atomic E-state index is 5.43. The smallest absolute Gasteiger partial charge is 0.223 e. The molecule has 0 aliphatic rings. The lowest BCUT2D eigenvalue weighted by Crippen LogP contribution is -2.18. The molecule has 0 bridgehead atoms. The second kappa shape index (κ2) is 5.93. The summed E-state index contributed by atoms with van der Waals surface area (Å²) in [7, 11) is 2.03. The molecule has 0 amide bonds. The summed E-state index contributed by atoms with van der Waals surface area (Å²) in [4.78, 5) is 6.36. The molecule has 3 aromatic rings. The van der Waals surface area contributed by atoms with E-state index in [4.69, 9.17) is 8.94 Å². The van der Waals surface area contributed by atoms with Gasteiger partial charge in [-0.25, -0.2) is 0 Å². The first-order valence-electron chi connectivity index (χ1n) is 6.81. The predicted molar refractivity (Wildman–Crippen MR) is 78.4 cm³/mol. The van der Waals surface area contributed by atoms with Crippen LogP contribution in [0.5, 0.6) is 0 Å². The molecule has 1 aromatic carbocycles. The minimum atomic E-state index is 0.596. The van der Waals surface area contributed by atoms with Crippen LogP contribution >= 0.6 is 0 Å². The van der Waals surface area contributed by atoms with E-state index in [1.807, 2.05) is 31.3 Å². The molecule has 3 rings (SSSR count). The van der Waals surface area contributed by atoms with E-state index in [0.717, 1.165) is 17.9 Å². The van der Waals surface area contributed by atoms with Gasteiger partial charge in [0.2, 0.25) is 5.89 Å². The largest absolute Gasteiger partial charge is 0.464 e. The van der Waals surface area contributed by atoms with Crippen molar-refractivity contribution < 1.29 is 8.94 Å². The van der Waals surface area contributed by atoms with Gasteiger partial charge in [0.15, 0.2) is 5.82 Å². The van der Waals surface area contributed by atoms with Crippen molar-refractivity contribution >= 4 is 0 Å². The van der Waals surface area contributed by atoms with Crippen LogP contribution in [0.25, 0.3) is 11.3 Å². The Kier molecular flexibility index (Phi) is 3.83. The Morgan fingerprint density at radius 2 is 2.05 bits per heavy atom. The number of aryl methyl sites for hydroxylation is 1. The van der Waals surface area contributed by atoms with Crippen LogP contribution in [-0.4, -0.2) is 22.1 Å². The van der Waals surface area contributed by atoms with Crippen LogP contribution in [-0.2, 0) is 13.1 Å². The van der Waals surface area contributed by atoms with E-state index >= 15 is 0 Å². The quantitative estimate of drug-likeness (QED) is 0.719. The van der Waals surface area contributed by atoms with Crippen LogP contribution in [0.3, 0.4) is 0 Å². The molecule has 0 unspecified atom stereocenters. The predicted octanol–water partition coefficient (Wildman–Crippen LogP) is 3.27. The molecule has 0 saturated heterocycles. The average Bonchev–Trinajstić information content (AvgIpc) is 3.11. The molecule has 0 aliphatic heterocycles. The third-order valence-electron chi connectivity index (χ3n) is 3.17. The molecule has 2 heterocycles. The molecule has 5 nitrogen and oxygen atoms in total. The van der Waals surface area contributed by atoms with E-state index < -0.39 is 0 Å². The molecule has 108 valence electrons. The Hall–Kier alpha value is -2.40. The number of hydrogen-bond acceptors (Lipinski definition) is 5. The first kappa shape index (κ1) is 13.6. The van der Waals surface area contributed by atoms with Gasteiger partial charge in [-0.3, -0.25) is 4.90 Å². The summed E-state index contributed by atoms with van der Waals surface area (Å²) in [5, 5.41) is 3.91. The molecular weight excluding hydrogens is 266 g/mol. The van der Waals surface area contributed by atoms with Gasteiger partial charge < -0.3 is 8.94 Å². The van der Waals surface area contributed by atoms with Crippen molar-refractivity contribution in [2.45, 2.75) is 20.0 Å². The SMILES string of the molecule is Cc1nc(CN(C)Cc2cccc(-c3ccco3)c2)no1. The van der Waals surface area contributed by atoms with E-state index in [1.54, 1.807) is 13.2 Å². The minimum Gasteiger partial charge on any atom is -0.464 e. The number of rotatable bonds is 5. The van der Waals surface area contributed by atoms with Gasteiger partial charge in [0.05, 0.1) is 12.8 Å². The highest BCUT2D eigenvalue weighted by Crippen LogP contribution is 2.21. The molecule has 0 aliphatic carbocycles. The molecule has 0 atom stereocenters. The molecule has 0 saturated carbocycles. The number of hydrogen-bond donors (Lipinski definition) is 0. The Morgan fingerprint density at radius 1 is 1.14 bits per heavy atom. The Morgan fingerprint density at radius 3 is 2.76 bits per heavy atom. The Bertz CT molecular complexity index is 704. The topological polar surface area (TPSA) is 55.3 Å². The summed E-state index contributed by atoms with van der Waals surface area (Å²) >= 11 is 0. The third kappa shape index (κ3) is 3.38. The monoisotopic (exact) mass is 283 g/mol. The number of aromatic nitrogens is 2. The number of furan rings is 1. The van der Waals surface area contributed by atoms with E-state index in [0.29, 0.717) is 18.3 Å². The van der Waals surface area contributed by atoms with Gasteiger partial charge in [-0.2, -0.15) is 4.98 Å². The highest BCUT2D eigenvalue weighted by atomic mass is 16.5. The fourth-order valence-corrected chi connectivity index (χ4v) is 2.28. The lowest BCUT2D eigenvalue weighted by Gasteiger charge is -2.14. The molecular formula is C16H17N3O2. The van der Waals surface area contributed by atoms with Crippen molar-refractivity contribution in [1.82, 2.24) is 15.0 Å². The zero-order chi connectivity index (χ0) is 14.7. The summed E-state index contributed by atoms with van der Waals surface area (Å²) in [5.74, 6) is 2.18. The molecule has 2 aromatic heterocycles. The van der Waals surface area contributed by atoms with E-state index in [1.165, 1.54) is 5.56 Å². The molecule has 0 fully saturated rings. The molecule has 0 N–H and O–H groups in total. The van der Waals surface area contributed by atoms with Crippen molar-refractivity contribution in [3.05, 3.63) is 59.9 Å². The standard InChI is InChI=1S/C16H17N3O2/c1-12-17-16(18-21-12)11-19(2)10-13-5-3-6-14(9-13)15-7-4-8-20-15/h3-9H,10-11H2,1-2H3. The van der Waals surface area contributed by atoms with Crippen LogP contribution in [0.15, 0.2) is 51.6 Å². The van der Waals surface area contributed by atoms with Crippen LogP contribution < -0.4 is 0 Å². The van der Waals surface area contributed by atoms with Crippen LogP contribution in [0.2, 0.25) is 0 Å². The van der Waals surface area contributed by atoms with Gasteiger partial charge in [-0.1, -0.05) is 23.4 Å². The average molecular weight is 283 g/mol. The highest BCUT2D eigenvalue weighted by Gasteiger charge is 2.08. The van der Waals surface area contributed by atoms with Gasteiger partial charge in [-0.05, 0) is 30.8 Å². The first-order valence-corrected chi connectivity index (χ1v) is 6.81. The van der Waals surface area contributed by atoms with Gasteiger partial charge >= 0.3 is 0 Å². The fraction of sp³-hybridized carbons (Fsp3) is 0.250. The van der Waals surface area contributed by atoms with Crippen LogP contribution in [0, 0.1) is 6.92 Å². The summed E-state index contributed by atoms with van der Waals surface area (Å²) in [6, 6.07) is 12.2. The zero-order valence-electron chi connectivity index (χ0n) is 12.1. The lowest BCUT2D eigenvalue weighted by atomic mass is 10.1. The zero-order valence-corrected chi connectivity index (χ0v) is 12.1. The maximum atomic E-state index is 5.43. The van der Waals surface area contributed by atoms with Crippen molar-refractivity contribution in [2.75, 3.05) is 7.05 Å². The first-order chi connectivity index (χ1) is 10.2. The van der Waals surface area contributed by atoms with Crippen LogP contribution in [0.1, 0.15) is 17.3 Å². The second-order valence-corrected chi connectivity index (χ2v) is 5.08. The van der Waals surface area contributed by atoms with Crippen molar-refractivity contribution in [2.24, 2.45) is 0 Å². The van der Waals surface area contributed by atoms with E-state index in [2.05, 4.69) is 27.2 Å². The fourth-order valence-electron chi connectivity index (χ4n) is 2.28. The maximum Gasteiger partial charge on any atom is 0.223 e. The van der Waals surface area contributed by atoms with Crippen LogP contribution in [0.4, 0.5) is 0 Å². The highest BCUT2D eigenvalue weighted by molar-refractivity contribution is 5.58. The van der Waals surface area contributed by atoms with Gasteiger partial charge in [0.25, 0.3) is 0 Å². The van der Waals surface area contributed by atoms with Crippen molar-refractivity contribution in [3.63, 3.8) is 0 Å². The van der Waals surface area contributed by atoms with E-state index in [-0.39, 0.29) is 0 Å².